The molecule has 150 valence electrons. The van der Waals surface area contributed by atoms with E-state index in [9.17, 15) is 9.59 Å². The molecule has 2 saturated heterocycles. The van der Waals surface area contributed by atoms with Crippen molar-refractivity contribution < 1.29 is 14.3 Å². The van der Waals surface area contributed by atoms with Crippen LogP contribution < -0.4 is 9.80 Å². The first-order valence-electron chi connectivity index (χ1n) is 9.86. The molecule has 6 nitrogen and oxygen atoms in total. The van der Waals surface area contributed by atoms with E-state index in [1.807, 2.05) is 60.4 Å². The van der Waals surface area contributed by atoms with Crippen LogP contribution in [-0.4, -0.2) is 55.4 Å². The number of aryl methyl sites for hydroxylation is 1. The number of benzene rings is 2. The van der Waals surface area contributed by atoms with Crippen LogP contribution in [0.2, 0.25) is 0 Å². The Labute approximate surface area is 174 Å². The van der Waals surface area contributed by atoms with E-state index in [4.69, 9.17) is 4.74 Å². The Kier molecular flexibility index (Phi) is 4.61. The number of ether oxygens (including phenoxy) is 1. The molecule has 3 aliphatic heterocycles. The van der Waals surface area contributed by atoms with E-state index in [0.717, 1.165) is 35.6 Å². The monoisotopic (exact) mass is 409 g/mol. The number of rotatable bonds is 3. The lowest BCUT2D eigenvalue weighted by molar-refractivity contribution is -0.124. The third-order valence-electron chi connectivity index (χ3n) is 5.80. The van der Waals surface area contributed by atoms with Crippen LogP contribution in [0.15, 0.2) is 48.5 Å². The highest BCUT2D eigenvalue weighted by Gasteiger charge is 2.61. The average molecular weight is 410 g/mol. The number of thioether (sulfide) groups is 1. The topological polar surface area (TPSA) is 53.1 Å². The van der Waals surface area contributed by atoms with Gasteiger partial charge in [-0.1, -0.05) is 35.9 Å². The lowest BCUT2D eigenvalue weighted by atomic mass is 10.0. The summed E-state index contributed by atoms with van der Waals surface area (Å²) in [6.45, 7) is 5.48. The van der Waals surface area contributed by atoms with Crippen LogP contribution in [0.4, 0.5) is 11.4 Å². The molecule has 3 aliphatic rings. The van der Waals surface area contributed by atoms with Gasteiger partial charge in [-0.05, 0) is 25.1 Å². The van der Waals surface area contributed by atoms with Gasteiger partial charge in [0, 0.05) is 24.3 Å². The number of nitrogens with zero attached hydrogens (tertiary/aromatic N) is 3. The Morgan fingerprint density at radius 1 is 1.03 bits per heavy atom. The molecule has 0 saturated carbocycles. The number of hydrogen-bond donors (Lipinski definition) is 0. The van der Waals surface area contributed by atoms with Crippen molar-refractivity contribution in [2.75, 3.05) is 48.5 Å². The smallest absolute Gasteiger partial charge is 0.269 e. The summed E-state index contributed by atoms with van der Waals surface area (Å²) >= 11 is 1.43. The summed E-state index contributed by atoms with van der Waals surface area (Å²) < 4.78 is 5.45. The zero-order chi connectivity index (χ0) is 20.0. The maximum absolute atomic E-state index is 13.9. The average Bonchev–Trinajstić information content (AvgIpc) is 3.21. The van der Waals surface area contributed by atoms with Crippen LogP contribution in [0.5, 0.6) is 0 Å². The van der Waals surface area contributed by atoms with Crippen LogP contribution in [0, 0.1) is 6.92 Å². The van der Waals surface area contributed by atoms with Crippen molar-refractivity contribution >= 4 is 35.0 Å². The first kappa shape index (κ1) is 18.7. The minimum absolute atomic E-state index is 0.0322. The third-order valence-corrected chi connectivity index (χ3v) is 7.19. The molecule has 2 fully saturated rings. The summed E-state index contributed by atoms with van der Waals surface area (Å²) in [5, 5.41) is 0. The normalized spacial score (nSPS) is 24.6. The van der Waals surface area contributed by atoms with E-state index in [0.29, 0.717) is 25.6 Å². The van der Waals surface area contributed by atoms with Crippen molar-refractivity contribution in [3.05, 3.63) is 59.7 Å². The van der Waals surface area contributed by atoms with Gasteiger partial charge in [0.05, 0.1) is 31.3 Å². The van der Waals surface area contributed by atoms with Gasteiger partial charge in [0.15, 0.2) is 0 Å². The molecule has 0 unspecified atom stereocenters. The van der Waals surface area contributed by atoms with E-state index in [1.54, 1.807) is 4.90 Å². The Hall–Kier alpha value is -2.35. The Balaban J connectivity index is 1.59. The highest BCUT2D eigenvalue weighted by molar-refractivity contribution is 8.02. The molecular formula is C22H23N3O3S. The predicted octanol–water partition coefficient (Wildman–Crippen LogP) is 2.56. The number of amides is 2. The highest BCUT2D eigenvalue weighted by Crippen LogP contribution is 2.55. The summed E-state index contributed by atoms with van der Waals surface area (Å²) in [5.41, 5.74) is 3.68. The van der Waals surface area contributed by atoms with E-state index in [1.165, 1.54) is 11.8 Å². The molecule has 0 aromatic heterocycles. The first-order chi connectivity index (χ1) is 14.1. The second-order valence-electron chi connectivity index (χ2n) is 7.62. The van der Waals surface area contributed by atoms with Crippen LogP contribution >= 0.6 is 11.8 Å². The fraction of sp³-hybridized carbons (Fsp3) is 0.364. The van der Waals surface area contributed by atoms with Gasteiger partial charge in [-0.25, -0.2) is 0 Å². The zero-order valence-corrected chi connectivity index (χ0v) is 17.2. The lowest BCUT2D eigenvalue weighted by Crippen LogP contribution is -2.52. The van der Waals surface area contributed by atoms with Crippen LogP contribution in [0.1, 0.15) is 11.1 Å². The van der Waals surface area contributed by atoms with Gasteiger partial charge in [0.2, 0.25) is 10.8 Å². The highest BCUT2D eigenvalue weighted by atomic mass is 32.2. The fourth-order valence-electron chi connectivity index (χ4n) is 4.33. The summed E-state index contributed by atoms with van der Waals surface area (Å²) in [4.78, 5) is 31.6. The first-order valence-corrected chi connectivity index (χ1v) is 10.8. The van der Waals surface area contributed by atoms with Crippen molar-refractivity contribution in [3.63, 3.8) is 0 Å². The molecular weight excluding hydrogens is 386 g/mol. The molecule has 5 rings (SSSR count). The quantitative estimate of drug-likeness (QED) is 0.780. The molecule has 2 aromatic carbocycles. The zero-order valence-electron chi connectivity index (χ0n) is 16.3. The third kappa shape index (κ3) is 2.87. The maximum Gasteiger partial charge on any atom is 0.269 e. The maximum atomic E-state index is 13.9. The number of carbonyl (C=O) groups excluding carboxylic acids is 2. The number of carbonyl (C=O) groups is 2. The number of morpholine rings is 1. The standard InChI is InChI=1S/C22H23N3O3S/c1-16-6-8-17(9-7-16)25-20(26)14-29-22(25)18-4-2-3-5-19(18)24(21(22)27)15-23-10-12-28-13-11-23/h2-9H,10-15H2,1H3/t22-/m0/s1. The van der Waals surface area contributed by atoms with E-state index >= 15 is 0 Å². The number of hydrogen-bond acceptors (Lipinski definition) is 5. The summed E-state index contributed by atoms with van der Waals surface area (Å²) in [6, 6.07) is 15.7. The molecule has 0 radical (unpaired) electrons. The van der Waals surface area contributed by atoms with Crippen molar-refractivity contribution in [1.82, 2.24) is 4.90 Å². The molecule has 29 heavy (non-hydrogen) atoms. The van der Waals surface area contributed by atoms with E-state index < -0.39 is 4.87 Å². The van der Waals surface area contributed by atoms with Gasteiger partial charge >= 0.3 is 0 Å². The van der Waals surface area contributed by atoms with Crippen LogP contribution in [-0.2, 0) is 19.2 Å². The Morgan fingerprint density at radius 2 is 1.76 bits per heavy atom. The van der Waals surface area contributed by atoms with Crippen LogP contribution in [0.25, 0.3) is 0 Å². The molecule has 2 aromatic rings. The minimum atomic E-state index is -1.03. The minimum Gasteiger partial charge on any atom is -0.379 e. The molecule has 7 heteroatoms. The molecule has 1 spiro atoms. The number of fused-ring (bicyclic) bond motifs is 2. The van der Waals surface area contributed by atoms with Crippen LogP contribution in [0.3, 0.4) is 0 Å². The van der Waals surface area contributed by atoms with Crippen molar-refractivity contribution in [1.29, 1.82) is 0 Å². The molecule has 0 N–H and O–H groups in total. The van der Waals surface area contributed by atoms with Gasteiger partial charge in [-0.2, -0.15) is 0 Å². The van der Waals surface area contributed by atoms with Gasteiger partial charge < -0.3 is 4.74 Å². The second kappa shape index (κ2) is 7.16. The Morgan fingerprint density at radius 3 is 2.52 bits per heavy atom. The number of para-hydroxylation sites is 1. The fourth-order valence-corrected chi connectivity index (χ4v) is 5.69. The lowest BCUT2D eigenvalue weighted by Gasteiger charge is -2.35. The molecule has 3 heterocycles. The van der Waals surface area contributed by atoms with Crippen molar-refractivity contribution in [3.8, 4) is 0 Å². The molecule has 0 aliphatic carbocycles. The van der Waals surface area contributed by atoms with Gasteiger partial charge in [0.1, 0.15) is 0 Å². The van der Waals surface area contributed by atoms with Gasteiger partial charge in [0.25, 0.3) is 5.91 Å². The van der Waals surface area contributed by atoms with Crippen molar-refractivity contribution in [2.24, 2.45) is 0 Å². The van der Waals surface area contributed by atoms with E-state index in [-0.39, 0.29) is 11.8 Å². The van der Waals surface area contributed by atoms with Gasteiger partial charge in [-0.15, -0.1) is 11.8 Å². The van der Waals surface area contributed by atoms with Gasteiger partial charge in [-0.3, -0.25) is 24.3 Å². The molecule has 0 bridgehead atoms. The predicted molar refractivity (Wildman–Crippen MR) is 114 cm³/mol. The molecule has 2 amide bonds. The SMILES string of the molecule is Cc1ccc(N2C(=O)CS[C@@]23C(=O)N(CN2CCOCC2)c2ccccc23)cc1. The summed E-state index contributed by atoms with van der Waals surface area (Å²) in [6.07, 6.45) is 0. The second-order valence-corrected chi connectivity index (χ2v) is 8.79. The summed E-state index contributed by atoms with van der Waals surface area (Å²) in [7, 11) is 0. The molecule has 1 atom stereocenters. The Bertz CT molecular complexity index is 958. The summed E-state index contributed by atoms with van der Waals surface area (Å²) in [5.74, 6) is 0.219. The number of anilines is 2. The van der Waals surface area contributed by atoms with Crippen molar-refractivity contribution in [2.45, 2.75) is 11.8 Å². The largest absolute Gasteiger partial charge is 0.379 e. The van der Waals surface area contributed by atoms with E-state index in [2.05, 4.69) is 4.90 Å².